The third-order valence-electron chi connectivity index (χ3n) is 2.37. The second-order valence-corrected chi connectivity index (χ2v) is 3.75. The van der Waals surface area contributed by atoms with Crippen molar-refractivity contribution in [2.75, 3.05) is 6.61 Å². The first-order chi connectivity index (χ1) is 7.56. The van der Waals surface area contributed by atoms with Crippen LogP contribution in [0.3, 0.4) is 0 Å². The van der Waals surface area contributed by atoms with E-state index in [2.05, 4.69) is 0 Å². The van der Waals surface area contributed by atoms with Gasteiger partial charge in [0.25, 0.3) is 0 Å². The monoisotopic (exact) mass is 221 g/mol. The van der Waals surface area contributed by atoms with E-state index in [1.54, 1.807) is 6.07 Å². The maximum absolute atomic E-state index is 10.9. The number of aryl methyl sites for hydroxylation is 1. The standard InChI is InChI=1S/C13H17O3/c1-4-11-5-12(9(2)8-14)7-13(6-11)16-10(3)15/h5-7,14H,4,8H2,1-3H3. The van der Waals surface area contributed by atoms with Crippen molar-refractivity contribution in [1.82, 2.24) is 0 Å². The number of carbonyl (C=O) groups excluding carboxylic acids is 1. The molecule has 0 atom stereocenters. The zero-order valence-electron chi connectivity index (χ0n) is 9.91. The summed E-state index contributed by atoms with van der Waals surface area (Å²) < 4.78 is 5.06. The Morgan fingerprint density at radius 1 is 1.31 bits per heavy atom. The molecular weight excluding hydrogens is 204 g/mol. The molecule has 0 bridgehead atoms. The Bertz CT molecular complexity index is 371. The molecule has 87 valence electrons. The van der Waals surface area contributed by atoms with E-state index >= 15 is 0 Å². The minimum absolute atomic E-state index is 0.00663. The summed E-state index contributed by atoms with van der Waals surface area (Å²) >= 11 is 0. The van der Waals surface area contributed by atoms with Gasteiger partial charge in [-0.05, 0) is 29.7 Å². The Hall–Kier alpha value is -1.35. The van der Waals surface area contributed by atoms with Gasteiger partial charge in [0.1, 0.15) is 5.75 Å². The maximum atomic E-state index is 10.9. The third-order valence-corrected chi connectivity index (χ3v) is 2.37. The van der Waals surface area contributed by atoms with Gasteiger partial charge in [-0.1, -0.05) is 19.9 Å². The van der Waals surface area contributed by atoms with Gasteiger partial charge in [0, 0.05) is 12.8 Å². The molecule has 16 heavy (non-hydrogen) atoms. The lowest BCUT2D eigenvalue weighted by Crippen LogP contribution is -2.05. The molecule has 0 aliphatic heterocycles. The fraction of sp³-hybridized carbons (Fsp3) is 0.385. The molecule has 1 rings (SSSR count). The van der Waals surface area contributed by atoms with Crippen molar-refractivity contribution < 1.29 is 14.6 Å². The van der Waals surface area contributed by atoms with Crippen molar-refractivity contribution in [1.29, 1.82) is 0 Å². The lowest BCUT2D eigenvalue weighted by molar-refractivity contribution is -0.131. The Balaban J connectivity index is 3.05. The first-order valence-electron chi connectivity index (χ1n) is 5.32. The summed E-state index contributed by atoms with van der Waals surface area (Å²) in [6.45, 7) is 5.27. The minimum atomic E-state index is -0.333. The second kappa shape index (κ2) is 5.66. The van der Waals surface area contributed by atoms with Crippen LogP contribution in [0.1, 0.15) is 31.9 Å². The molecule has 1 aromatic carbocycles. The van der Waals surface area contributed by atoms with Crippen LogP contribution in [0.5, 0.6) is 5.75 Å². The number of hydrogen-bond donors (Lipinski definition) is 1. The summed E-state index contributed by atoms with van der Waals surface area (Å²) in [4.78, 5) is 10.9. The highest BCUT2D eigenvalue weighted by molar-refractivity contribution is 5.69. The molecule has 1 aromatic rings. The summed E-state index contributed by atoms with van der Waals surface area (Å²) in [5.41, 5.74) is 2.00. The maximum Gasteiger partial charge on any atom is 0.308 e. The smallest absolute Gasteiger partial charge is 0.308 e. The lowest BCUT2D eigenvalue weighted by Gasteiger charge is -2.12. The van der Waals surface area contributed by atoms with E-state index in [0.717, 1.165) is 23.5 Å². The number of benzene rings is 1. The van der Waals surface area contributed by atoms with Crippen LogP contribution < -0.4 is 4.74 Å². The predicted molar refractivity (Wildman–Crippen MR) is 62.2 cm³/mol. The highest BCUT2D eigenvalue weighted by atomic mass is 16.5. The lowest BCUT2D eigenvalue weighted by atomic mass is 9.98. The average Bonchev–Trinajstić information content (AvgIpc) is 2.26. The molecule has 1 N–H and O–H groups in total. The van der Waals surface area contributed by atoms with Crippen LogP contribution in [0.2, 0.25) is 0 Å². The average molecular weight is 221 g/mol. The number of rotatable bonds is 4. The van der Waals surface area contributed by atoms with E-state index < -0.39 is 0 Å². The van der Waals surface area contributed by atoms with Crippen molar-refractivity contribution in [2.45, 2.75) is 27.2 Å². The van der Waals surface area contributed by atoms with Crippen molar-refractivity contribution in [2.24, 2.45) is 0 Å². The highest BCUT2D eigenvalue weighted by Gasteiger charge is 2.09. The summed E-state index contributed by atoms with van der Waals surface area (Å²) in [7, 11) is 0. The van der Waals surface area contributed by atoms with Crippen LogP contribution in [0.15, 0.2) is 18.2 Å². The zero-order chi connectivity index (χ0) is 12.1. The van der Waals surface area contributed by atoms with E-state index in [4.69, 9.17) is 9.84 Å². The summed E-state index contributed by atoms with van der Waals surface area (Å²) in [5.74, 6) is 1.07. The molecule has 0 unspecified atom stereocenters. The van der Waals surface area contributed by atoms with Gasteiger partial charge in [0.15, 0.2) is 0 Å². The van der Waals surface area contributed by atoms with Crippen molar-refractivity contribution in [3.05, 3.63) is 35.2 Å². The fourth-order valence-corrected chi connectivity index (χ4v) is 1.43. The number of esters is 1. The van der Waals surface area contributed by atoms with Crippen LogP contribution in [0, 0.1) is 5.92 Å². The molecule has 0 saturated heterocycles. The van der Waals surface area contributed by atoms with E-state index in [-0.39, 0.29) is 12.6 Å². The van der Waals surface area contributed by atoms with E-state index in [1.807, 2.05) is 26.0 Å². The number of aliphatic hydroxyl groups is 1. The largest absolute Gasteiger partial charge is 0.427 e. The van der Waals surface area contributed by atoms with Crippen LogP contribution in [-0.4, -0.2) is 17.7 Å². The predicted octanol–water partition coefficient (Wildman–Crippen LogP) is 2.11. The van der Waals surface area contributed by atoms with Crippen LogP contribution >= 0.6 is 0 Å². The van der Waals surface area contributed by atoms with Crippen LogP contribution in [-0.2, 0) is 11.2 Å². The second-order valence-electron chi connectivity index (χ2n) is 3.75. The van der Waals surface area contributed by atoms with Gasteiger partial charge in [-0.2, -0.15) is 0 Å². The number of hydrogen-bond acceptors (Lipinski definition) is 3. The molecule has 0 amide bonds. The normalized spacial score (nSPS) is 10.6. The number of carbonyl (C=O) groups is 1. The van der Waals surface area contributed by atoms with Crippen LogP contribution in [0.4, 0.5) is 0 Å². The summed E-state index contributed by atoms with van der Waals surface area (Å²) in [5, 5.41) is 9.08. The van der Waals surface area contributed by atoms with Gasteiger partial charge in [0.2, 0.25) is 0 Å². The first-order valence-corrected chi connectivity index (χ1v) is 5.32. The van der Waals surface area contributed by atoms with Gasteiger partial charge in [-0.3, -0.25) is 4.79 Å². The van der Waals surface area contributed by atoms with Crippen molar-refractivity contribution in [3.8, 4) is 5.75 Å². The zero-order valence-corrected chi connectivity index (χ0v) is 9.91. The molecule has 0 aliphatic rings. The molecule has 3 nitrogen and oxygen atoms in total. The molecule has 0 spiro atoms. The van der Waals surface area contributed by atoms with Gasteiger partial charge in [-0.25, -0.2) is 0 Å². The molecule has 0 saturated carbocycles. The van der Waals surface area contributed by atoms with Gasteiger partial charge in [-0.15, -0.1) is 0 Å². The number of ether oxygens (including phenoxy) is 1. The first kappa shape index (κ1) is 12.7. The topological polar surface area (TPSA) is 46.5 Å². The number of aliphatic hydroxyl groups excluding tert-OH is 1. The van der Waals surface area contributed by atoms with Crippen molar-refractivity contribution in [3.63, 3.8) is 0 Å². The molecule has 0 heterocycles. The third kappa shape index (κ3) is 3.35. The summed E-state index contributed by atoms with van der Waals surface area (Å²) in [6.07, 6.45) is 0.862. The Kier molecular flexibility index (Phi) is 4.50. The fourth-order valence-electron chi connectivity index (χ4n) is 1.43. The molecule has 0 aliphatic carbocycles. The SMILES string of the molecule is CCc1cc(OC(C)=O)cc([C](C)CO)c1. The molecule has 3 heteroatoms. The van der Waals surface area contributed by atoms with E-state index in [9.17, 15) is 4.79 Å². The molecular formula is C13H17O3. The molecule has 1 radical (unpaired) electrons. The minimum Gasteiger partial charge on any atom is -0.427 e. The summed E-state index contributed by atoms with van der Waals surface area (Å²) in [6, 6.07) is 5.61. The quantitative estimate of drug-likeness (QED) is 0.625. The van der Waals surface area contributed by atoms with E-state index in [1.165, 1.54) is 6.92 Å². The molecule has 0 fully saturated rings. The Morgan fingerprint density at radius 3 is 2.50 bits per heavy atom. The van der Waals surface area contributed by atoms with Gasteiger partial charge in [0.05, 0.1) is 6.61 Å². The molecule has 0 aromatic heterocycles. The Morgan fingerprint density at radius 2 is 2.00 bits per heavy atom. The van der Waals surface area contributed by atoms with E-state index in [0.29, 0.717) is 5.75 Å². The van der Waals surface area contributed by atoms with Crippen LogP contribution in [0.25, 0.3) is 0 Å². The highest BCUT2D eigenvalue weighted by Crippen LogP contribution is 2.23. The Labute approximate surface area is 96.1 Å². The van der Waals surface area contributed by atoms with Gasteiger partial charge >= 0.3 is 5.97 Å². The van der Waals surface area contributed by atoms with Gasteiger partial charge < -0.3 is 9.84 Å². The van der Waals surface area contributed by atoms with Crippen molar-refractivity contribution >= 4 is 5.97 Å².